The minimum atomic E-state index is -3.23. The Morgan fingerprint density at radius 2 is 1.16 bits per heavy atom. The zero-order chi connectivity index (χ0) is 22.8. The highest BCUT2D eigenvalue weighted by atomic mass is 31.2. The number of esters is 1. The van der Waals surface area contributed by atoms with E-state index in [1.165, 1.54) is 0 Å². The van der Waals surface area contributed by atoms with Crippen molar-refractivity contribution >= 4 is 23.9 Å². The fourth-order valence-corrected chi connectivity index (χ4v) is 5.89. The van der Waals surface area contributed by atoms with Crippen LogP contribution in [0.1, 0.15) is 37.0 Å². The van der Waals surface area contributed by atoms with Crippen LogP contribution in [-0.4, -0.2) is 19.2 Å². The highest BCUT2D eigenvalue weighted by molar-refractivity contribution is 7.74. The van der Waals surface area contributed by atoms with Crippen LogP contribution in [0, 0.1) is 11.8 Å². The summed E-state index contributed by atoms with van der Waals surface area (Å²) in [7, 11) is -3.23. The van der Waals surface area contributed by atoms with Gasteiger partial charge in [0.25, 0.3) is 7.37 Å². The lowest BCUT2D eigenvalue weighted by Gasteiger charge is -2.27. The van der Waals surface area contributed by atoms with Gasteiger partial charge in [0.05, 0.1) is 18.8 Å². The maximum atomic E-state index is 14.1. The van der Waals surface area contributed by atoms with E-state index in [2.05, 4.69) is 13.8 Å². The summed E-state index contributed by atoms with van der Waals surface area (Å²) in [4.78, 5) is 12.4. The first-order chi connectivity index (χ1) is 15.6. The van der Waals surface area contributed by atoms with E-state index in [1.807, 2.05) is 78.9 Å². The third-order valence-electron chi connectivity index (χ3n) is 5.82. The molecule has 2 unspecified atom stereocenters. The lowest BCUT2D eigenvalue weighted by atomic mass is 9.89. The molecular formula is C27H31O4P. The topological polar surface area (TPSA) is 52.6 Å². The van der Waals surface area contributed by atoms with E-state index in [-0.39, 0.29) is 17.8 Å². The molecule has 5 heteroatoms. The van der Waals surface area contributed by atoms with E-state index < -0.39 is 7.37 Å². The van der Waals surface area contributed by atoms with E-state index in [4.69, 9.17) is 9.26 Å². The minimum absolute atomic E-state index is 0.115. The summed E-state index contributed by atoms with van der Waals surface area (Å²) in [5.74, 6) is -0.0870. The van der Waals surface area contributed by atoms with Gasteiger partial charge in [-0.3, -0.25) is 4.57 Å². The molecule has 0 amide bonds. The van der Waals surface area contributed by atoms with Gasteiger partial charge in [-0.2, -0.15) is 0 Å². The predicted molar refractivity (Wildman–Crippen MR) is 130 cm³/mol. The van der Waals surface area contributed by atoms with Gasteiger partial charge in [0.2, 0.25) is 0 Å². The summed E-state index contributed by atoms with van der Waals surface area (Å²) in [5, 5.41) is 1.37. The average molecular weight is 451 g/mol. The first kappa shape index (κ1) is 24.0. The third kappa shape index (κ3) is 5.97. The van der Waals surface area contributed by atoms with Crippen molar-refractivity contribution < 1.29 is 18.6 Å². The Kier molecular flexibility index (Phi) is 8.84. The van der Waals surface area contributed by atoms with Crippen LogP contribution in [0.4, 0.5) is 0 Å². The molecule has 0 spiro atoms. The van der Waals surface area contributed by atoms with E-state index in [9.17, 15) is 9.36 Å². The Hall–Kier alpha value is -2.68. The molecule has 0 bridgehead atoms. The molecule has 168 valence electrons. The van der Waals surface area contributed by atoms with Crippen molar-refractivity contribution in [3.63, 3.8) is 0 Å². The molecule has 2 atom stereocenters. The van der Waals surface area contributed by atoms with Gasteiger partial charge >= 0.3 is 5.97 Å². The van der Waals surface area contributed by atoms with Crippen molar-refractivity contribution in [1.82, 2.24) is 0 Å². The van der Waals surface area contributed by atoms with Crippen molar-refractivity contribution in [2.24, 2.45) is 11.8 Å². The largest absolute Gasteiger partial charge is 0.462 e. The Morgan fingerprint density at radius 1 is 0.719 bits per heavy atom. The van der Waals surface area contributed by atoms with Crippen LogP contribution in [0.5, 0.6) is 0 Å². The Balaban J connectivity index is 1.72. The zero-order valence-electron chi connectivity index (χ0n) is 18.7. The molecule has 0 aliphatic carbocycles. The number of benzene rings is 3. The molecule has 0 saturated carbocycles. The molecule has 3 aromatic carbocycles. The van der Waals surface area contributed by atoms with E-state index >= 15 is 0 Å². The molecule has 3 aromatic rings. The molecule has 0 heterocycles. The number of hydrogen-bond acceptors (Lipinski definition) is 4. The van der Waals surface area contributed by atoms with Crippen molar-refractivity contribution in [2.45, 2.75) is 26.7 Å². The highest BCUT2D eigenvalue weighted by Crippen LogP contribution is 2.45. The van der Waals surface area contributed by atoms with Crippen molar-refractivity contribution in [3.8, 4) is 0 Å². The van der Waals surface area contributed by atoms with Gasteiger partial charge in [-0.25, -0.2) is 4.79 Å². The fourth-order valence-electron chi connectivity index (χ4n) is 3.76. The van der Waals surface area contributed by atoms with E-state index in [0.29, 0.717) is 29.4 Å². The maximum Gasteiger partial charge on any atom is 0.338 e. The van der Waals surface area contributed by atoms with Crippen LogP contribution in [-0.2, 0) is 13.8 Å². The standard InChI is InChI=1S/C27H31O4P/c1-3-22(20-30-27(28)24-14-8-5-9-15-24)23(4-2)21-31-32(29,25-16-10-6-11-17-25)26-18-12-7-13-19-26/h5-19,22-23H,3-4,20-21H2,1-2H3. The molecular weight excluding hydrogens is 419 g/mol. The molecule has 0 fully saturated rings. The summed E-state index contributed by atoms with van der Waals surface area (Å²) >= 11 is 0. The molecule has 0 aliphatic heterocycles. The lowest BCUT2D eigenvalue weighted by Crippen LogP contribution is -2.27. The SMILES string of the molecule is CCC(COC(=O)c1ccccc1)C(CC)COP(=O)(c1ccccc1)c1ccccc1. The Bertz CT molecular complexity index is 962. The quantitative estimate of drug-likeness (QED) is 0.272. The van der Waals surface area contributed by atoms with Gasteiger partial charge in [0, 0.05) is 10.6 Å². The molecule has 0 radical (unpaired) electrons. The molecule has 3 rings (SSSR count). The molecule has 0 aliphatic rings. The van der Waals surface area contributed by atoms with Crippen LogP contribution >= 0.6 is 7.37 Å². The first-order valence-electron chi connectivity index (χ1n) is 11.2. The van der Waals surface area contributed by atoms with Gasteiger partial charge in [-0.1, -0.05) is 74.9 Å². The number of carbonyl (C=O) groups excluding carboxylic acids is 1. The van der Waals surface area contributed by atoms with Crippen molar-refractivity contribution in [2.75, 3.05) is 13.2 Å². The van der Waals surface area contributed by atoms with E-state index in [0.717, 1.165) is 12.8 Å². The second kappa shape index (κ2) is 11.8. The van der Waals surface area contributed by atoms with E-state index in [1.54, 1.807) is 12.1 Å². The first-order valence-corrected chi connectivity index (χ1v) is 12.8. The maximum absolute atomic E-state index is 14.1. The van der Waals surface area contributed by atoms with Crippen LogP contribution in [0.15, 0.2) is 91.0 Å². The third-order valence-corrected chi connectivity index (χ3v) is 8.28. The number of hydrogen-bond donors (Lipinski definition) is 0. The summed E-state index contributed by atoms with van der Waals surface area (Å²) in [6.45, 7) is 4.81. The zero-order valence-corrected chi connectivity index (χ0v) is 19.6. The summed E-state index contributed by atoms with van der Waals surface area (Å²) < 4.78 is 25.9. The monoisotopic (exact) mass is 450 g/mol. The van der Waals surface area contributed by atoms with Crippen LogP contribution < -0.4 is 10.6 Å². The van der Waals surface area contributed by atoms with Crippen molar-refractivity contribution in [1.29, 1.82) is 0 Å². The van der Waals surface area contributed by atoms with Gasteiger partial charge in [-0.05, 0) is 54.7 Å². The predicted octanol–water partition coefficient (Wildman–Crippen LogP) is 5.84. The summed E-state index contributed by atoms with van der Waals surface area (Å²) in [5.41, 5.74) is 0.546. The number of rotatable bonds is 11. The van der Waals surface area contributed by atoms with Gasteiger partial charge in [-0.15, -0.1) is 0 Å². The Labute approximate surface area is 191 Å². The van der Waals surface area contributed by atoms with Gasteiger partial charge in [0.1, 0.15) is 0 Å². The normalized spacial score (nSPS) is 13.3. The number of ether oxygens (including phenoxy) is 1. The smallest absolute Gasteiger partial charge is 0.338 e. The van der Waals surface area contributed by atoms with Gasteiger partial charge in [0.15, 0.2) is 0 Å². The fraction of sp³-hybridized carbons (Fsp3) is 0.296. The molecule has 4 nitrogen and oxygen atoms in total. The average Bonchev–Trinajstić information content (AvgIpc) is 2.87. The second-order valence-electron chi connectivity index (χ2n) is 7.82. The Morgan fingerprint density at radius 3 is 1.62 bits per heavy atom. The van der Waals surface area contributed by atoms with Crippen LogP contribution in [0.3, 0.4) is 0 Å². The van der Waals surface area contributed by atoms with Crippen molar-refractivity contribution in [3.05, 3.63) is 96.6 Å². The minimum Gasteiger partial charge on any atom is -0.462 e. The van der Waals surface area contributed by atoms with Gasteiger partial charge < -0.3 is 9.26 Å². The molecule has 0 N–H and O–H groups in total. The molecule has 0 aromatic heterocycles. The summed E-state index contributed by atoms with van der Waals surface area (Å²) in [6.07, 6.45) is 1.68. The number of carbonyl (C=O) groups is 1. The lowest BCUT2D eigenvalue weighted by molar-refractivity contribution is 0.0348. The molecule has 32 heavy (non-hydrogen) atoms. The molecule has 0 saturated heterocycles. The van der Waals surface area contributed by atoms with Crippen LogP contribution in [0.25, 0.3) is 0 Å². The van der Waals surface area contributed by atoms with Crippen LogP contribution in [0.2, 0.25) is 0 Å². The second-order valence-corrected chi connectivity index (χ2v) is 10.2. The highest BCUT2D eigenvalue weighted by Gasteiger charge is 2.31. The summed E-state index contributed by atoms with van der Waals surface area (Å²) in [6, 6.07) is 27.8.